The van der Waals surface area contributed by atoms with Gasteiger partial charge in [0.2, 0.25) is 17.6 Å². The number of carbonyl (C=O) groups is 3. The molecule has 1 aliphatic heterocycles. The van der Waals surface area contributed by atoms with E-state index in [-0.39, 0.29) is 24.0 Å². The van der Waals surface area contributed by atoms with Crippen LogP contribution in [0.5, 0.6) is 0 Å². The average molecular weight is 485 g/mol. The molecule has 12 heteroatoms. The SMILES string of the molecule is CCc1noc(C(=O)[C@H](CC)NC(=O)[C@@](C)(CC(=O)N2CCOCC2)S(=O)(=O)CC2CC2)n1. The minimum atomic E-state index is -3.99. The number of ketones is 1. The summed E-state index contributed by atoms with van der Waals surface area (Å²) >= 11 is 0. The maximum absolute atomic E-state index is 13.4. The Morgan fingerprint density at radius 3 is 2.42 bits per heavy atom. The van der Waals surface area contributed by atoms with Gasteiger partial charge in [-0.1, -0.05) is 19.0 Å². The molecule has 0 spiro atoms. The third-order valence-electron chi connectivity index (χ3n) is 6.20. The number of hydrogen-bond acceptors (Lipinski definition) is 9. The van der Waals surface area contributed by atoms with Crippen molar-refractivity contribution in [3.05, 3.63) is 11.7 Å². The smallest absolute Gasteiger partial charge is 0.296 e. The van der Waals surface area contributed by atoms with E-state index in [4.69, 9.17) is 9.26 Å². The third-order valence-corrected chi connectivity index (χ3v) is 8.81. The number of Topliss-reactive ketones (excluding diaryl/α,β-unsaturated/α-hetero) is 1. The molecule has 1 saturated heterocycles. The van der Waals surface area contributed by atoms with Crippen molar-refractivity contribution in [3.63, 3.8) is 0 Å². The molecule has 2 heterocycles. The summed E-state index contributed by atoms with van der Waals surface area (Å²) in [6.07, 6.45) is 1.72. The van der Waals surface area contributed by atoms with Gasteiger partial charge >= 0.3 is 0 Å². The molecule has 2 fully saturated rings. The summed E-state index contributed by atoms with van der Waals surface area (Å²) in [5, 5.41) is 6.24. The van der Waals surface area contributed by atoms with Crippen LogP contribution in [0.3, 0.4) is 0 Å². The Balaban J connectivity index is 1.82. The zero-order valence-corrected chi connectivity index (χ0v) is 20.1. The first-order chi connectivity index (χ1) is 15.6. The molecule has 1 N–H and O–H groups in total. The molecular weight excluding hydrogens is 452 g/mol. The van der Waals surface area contributed by atoms with Gasteiger partial charge in [-0.05, 0) is 32.1 Å². The first kappa shape index (κ1) is 25.3. The molecule has 0 bridgehead atoms. The molecule has 184 valence electrons. The van der Waals surface area contributed by atoms with Gasteiger partial charge < -0.3 is 19.5 Å². The number of rotatable bonds is 11. The molecular formula is C21H32N4O7S. The Morgan fingerprint density at radius 2 is 1.88 bits per heavy atom. The van der Waals surface area contributed by atoms with Crippen LogP contribution >= 0.6 is 0 Å². The highest BCUT2D eigenvalue weighted by Crippen LogP contribution is 2.35. The molecule has 2 aliphatic rings. The molecule has 1 saturated carbocycles. The van der Waals surface area contributed by atoms with Crippen LogP contribution in [0.2, 0.25) is 0 Å². The number of morpholine rings is 1. The molecule has 11 nitrogen and oxygen atoms in total. The van der Waals surface area contributed by atoms with Crippen molar-refractivity contribution in [2.45, 2.75) is 63.7 Å². The third kappa shape index (κ3) is 5.78. The second-order valence-corrected chi connectivity index (χ2v) is 11.3. The van der Waals surface area contributed by atoms with Crippen LogP contribution in [0, 0.1) is 5.92 Å². The summed E-state index contributed by atoms with van der Waals surface area (Å²) in [6.45, 7) is 6.16. The normalized spacial score (nSPS) is 19.5. The number of amides is 2. The highest BCUT2D eigenvalue weighted by atomic mass is 32.2. The molecule has 2 atom stereocenters. The lowest BCUT2D eigenvalue weighted by molar-refractivity contribution is -0.138. The van der Waals surface area contributed by atoms with Crippen LogP contribution in [0.25, 0.3) is 0 Å². The molecule has 0 unspecified atom stereocenters. The van der Waals surface area contributed by atoms with Crippen LogP contribution in [0.1, 0.15) is 63.0 Å². The van der Waals surface area contributed by atoms with Crippen LogP contribution < -0.4 is 5.32 Å². The lowest BCUT2D eigenvalue weighted by Gasteiger charge is -2.33. The lowest BCUT2D eigenvalue weighted by Crippen LogP contribution is -2.57. The van der Waals surface area contributed by atoms with E-state index in [1.807, 2.05) is 0 Å². The number of hydrogen-bond donors (Lipinski definition) is 1. The number of nitrogens with one attached hydrogen (secondary N) is 1. The minimum Gasteiger partial charge on any atom is -0.378 e. The van der Waals surface area contributed by atoms with Gasteiger partial charge in [0.05, 0.1) is 31.4 Å². The Morgan fingerprint density at radius 1 is 1.21 bits per heavy atom. The fourth-order valence-corrected chi connectivity index (χ4v) is 5.64. The van der Waals surface area contributed by atoms with Crippen LogP contribution in [-0.2, 0) is 30.6 Å². The van der Waals surface area contributed by atoms with Gasteiger partial charge in [-0.25, -0.2) is 8.42 Å². The maximum atomic E-state index is 13.4. The van der Waals surface area contributed by atoms with Gasteiger partial charge in [0.15, 0.2) is 20.4 Å². The lowest BCUT2D eigenvalue weighted by atomic mass is 10.0. The van der Waals surface area contributed by atoms with E-state index >= 15 is 0 Å². The first-order valence-corrected chi connectivity index (χ1v) is 13.0. The first-order valence-electron chi connectivity index (χ1n) is 11.4. The summed E-state index contributed by atoms with van der Waals surface area (Å²) in [5.74, 6) is -1.96. The molecule has 3 rings (SSSR count). The number of ether oxygens (including phenoxy) is 1. The van der Waals surface area contributed by atoms with Gasteiger partial charge in [-0.2, -0.15) is 4.98 Å². The highest BCUT2D eigenvalue weighted by Gasteiger charge is 2.51. The largest absolute Gasteiger partial charge is 0.378 e. The topological polar surface area (TPSA) is 149 Å². The van der Waals surface area contributed by atoms with E-state index < -0.39 is 44.6 Å². The predicted octanol–water partition coefficient (Wildman–Crippen LogP) is 0.542. The van der Waals surface area contributed by atoms with Crippen molar-refractivity contribution in [1.29, 1.82) is 0 Å². The van der Waals surface area contributed by atoms with Crippen LogP contribution in [0.4, 0.5) is 0 Å². The van der Waals surface area contributed by atoms with Crippen LogP contribution in [0.15, 0.2) is 4.52 Å². The number of sulfone groups is 1. The van der Waals surface area contributed by atoms with E-state index in [1.54, 1.807) is 13.8 Å². The molecule has 1 aromatic heterocycles. The number of carbonyl (C=O) groups excluding carboxylic acids is 3. The molecule has 33 heavy (non-hydrogen) atoms. The quantitative estimate of drug-likeness (QED) is 0.444. The van der Waals surface area contributed by atoms with Crippen molar-refractivity contribution in [3.8, 4) is 0 Å². The second kappa shape index (κ2) is 10.3. The van der Waals surface area contributed by atoms with E-state index in [9.17, 15) is 22.8 Å². The summed E-state index contributed by atoms with van der Waals surface area (Å²) in [7, 11) is -3.99. The Labute approximate surface area is 193 Å². The van der Waals surface area contributed by atoms with Crippen LogP contribution in [-0.4, -0.2) is 83.9 Å². The van der Waals surface area contributed by atoms with Gasteiger partial charge in [0, 0.05) is 19.5 Å². The highest BCUT2D eigenvalue weighted by molar-refractivity contribution is 7.93. The molecule has 1 aliphatic carbocycles. The van der Waals surface area contributed by atoms with Crippen molar-refractivity contribution in [2.24, 2.45) is 5.92 Å². The predicted molar refractivity (Wildman–Crippen MR) is 117 cm³/mol. The fraction of sp³-hybridized carbons (Fsp3) is 0.762. The van der Waals surface area contributed by atoms with Gasteiger partial charge in [-0.3, -0.25) is 14.4 Å². The van der Waals surface area contributed by atoms with Crippen molar-refractivity contribution >= 4 is 27.4 Å². The van der Waals surface area contributed by atoms with E-state index in [0.717, 1.165) is 12.8 Å². The van der Waals surface area contributed by atoms with Gasteiger partial charge in [0.25, 0.3) is 5.89 Å². The summed E-state index contributed by atoms with van der Waals surface area (Å²) in [4.78, 5) is 44.7. The number of aromatic nitrogens is 2. The minimum absolute atomic E-state index is 0.00456. The zero-order valence-electron chi connectivity index (χ0n) is 19.3. The van der Waals surface area contributed by atoms with Crippen molar-refractivity contribution in [1.82, 2.24) is 20.4 Å². The van der Waals surface area contributed by atoms with E-state index in [1.165, 1.54) is 11.8 Å². The zero-order chi connectivity index (χ0) is 24.2. The monoisotopic (exact) mass is 484 g/mol. The van der Waals surface area contributed by atoms with Crippen molar-refractivity contribution < 1.29 is 32.1 Å². The molecule has 0 radical (unpaired) electrons. The van der Waals surface area contributed by atoms with Gasteiger partial charge in [-0.15, -0.1) is 0 Å². The number of nitrogens with zero attached hydrogens (tertiary/aromatic N) is 3. The number of aryl methyl sites for hydroxylation is 1. The summed E-state index contributed by atoms with van der Waals surface area (Å²) < 4.78 is 34.9. The van der Waals surface area contributed by atoms with Crippen molar-refractivity contribution in [2.75, 3.05) is 32.1 Å². The average Bonchev–Trinajstić information content (AvgIpc) is 3.47. The summed E-state index contributed by atoms with van der Waals surface area (Å²) in [6, 6.07) is -1.06. The fourth-order valence-electron chi connectivity index (χ4n) is 3.63. The molecule has 2 amide bonds. The molecule has 1 aromatic rings. The summed E-state index contributed by atoms with van der Waals surface area (Å²) in [5.41, 5.74) is 0. The molecule has 0 aromatic carbocycles. The Kier molecular flexibility index (Phi) is 7.88. The Bertz CT molecular complexity index is 982. The maximum Gasteiger partial charge on any atom is 0.296 e. The van der Waals surface area contributed by atoms with Gasteiger partial charge in [0.1, 0.15) is 0 Å². The van der Waals surface area contributed by atoms with E-state index in [2.05, 4.69) is 15.5 Å². The van der Waals surface area contributed by atoms with E-state index in [0.29, 0.717) is 38.5 Å². The Hall–Kier alpha value is -2.34. The second-order valence-electron chi connectivity index (χ2n) is 8.79. The standard InChI is InChI=1S/C21H32N4O7S/c1-4-15(18(27)19-23-16(5-2)24-32-19)22-20(28)21(3,33(29,30)13-14-6-7-14)12-17(26)25-8-10-31-11-9-25/h14-15H,4-13H2,1-3H3,(H,22,28)/t15-,21+/m0/s1.